The molecular formula is C10H8F2N2O5. The molecule has 0 saturated heterocycles. The largest absolute Gasteiger partial charge is 0.586 e. The summed E-state index contributed by atoms with van der Waals surface area (Å²) >= 11 is 0. The monoisotopic (exact) mass is 274 g/mol. The number of carbonyl (C=O) groups excluding carboxylic acids is 1. The van der Waals surface area contributed by atoms with Crippen molar-refractivity contribution in [1.29, 1.82) is 0 Å². The van der Waals surface area contributed by atoms with E-state index >= 15 is 0 Å². The number of fused-ring (bicyclic) bond motifs is 1. The molecule has 1 heterocycles. The van der Waals surface area contributed by atoms with E-state index in [1.165, 1.54) is 12.1 Å². The van der Waals surface area contributed by atoms with Crippen molar-refractivity contribution < 1.29 is 33.0 Å². The van der Waals surface area contributed by atoms with Crippen LogP contribution >= 0.6 is 0 Å². The van der Waals surface area contributed by atoms with Crippen LogP contribution in [0.2, 0.25) is 0 Å². The Morgan fingerprint density at radius 3 is 2.63 bits per heavy atom. The number of amides is 2. The normalized spacial score (nSPS) is 14.8. The second-order valence-electron chi connectivity index (χ2n) is 3.53. The molecule has 0 bridgehead atoms. The standard InChI is InChI=1S/C10H8F2N2O5/c11-10(12)18-6-2-1-5(3-7(6)19-10)14-9(17)13-4-8(15)16/h1-3H,4H2,(H,15,16)(H2,13,14,17). The summed E-state index contributed by atoms with van der Waals surface area (Å²) < 4.78 is 33.8. The molecule has 3 N–H and O–H groups in total. The zero-order valence-corrected chi connectivity index (χ0v) is 9.28. The lowest BCUT2D eigenvalue weighted by Crippen LogP contribution is -2.33. The smallest absolute Gasteiger partial charge is 0.480 e. The molecule has 2 rings (SSSR count). The van der Waals surface area contributed by atoms with Crippen LogP contribution in [0.15, 0.2) is 18.2 Å². The zero-order valence-electron chi connectivity index (χ0n) is 9.28. The topological polar surface area (TPSA) is 96.9 Å². The van der Waals surface area contributed by atoms with Crippen LogP contribution in [0.3, 0.4) is 0 Å². The van der Waals surface area contributed by atoms with Gasteiger partial charge in [0.2, 0.25) is 0 Å². The number of hydrogen-bond donors (Lipinski definition) is 3. The summed E-state index contributed by atoms with van der Waals surface area (Å²) in [6.07, 6.45) is -3.73. The molecule has 2 amide bonds. The van der Waals surface area contributed by atoms with Crippen molar-refractivity contribution in [2.45, 2.75) is 6.29 Å². The van der Waals surface area contributed by atoms with Crippen LogP contribution in [0.4, 0.5) is 19.3 Å². The van der Waals surface area contributed by atoms with Crippen molar-refractivity contribution in [3.05, 3.63) is 18.2 Å². The number of ether oxygens (including phenoxy) is 2. The third kappa shape index (κ3) is 3.21. The molecule has 9 heteroatoms. The quantitative estimate of drug-likeness (QED) is 0.769. The molecule has 0 saturated carbocycles. The second kappa shape index (κ2) is 4.59. The van der Waals surface area contributed by atoms with Crippen LogP contribution in [0.25, 0.3) is 0 Å². The van der Waals surface area contributed by atoms with E-state index in [0.29, 0.717) is 0 Å². The molecule has 0 aromatic heterocycles. The molecule has 19 heavy (non-hydrogen) atoms. The van der Waals surface area contributed by atoms with Crippen molar-refractivity contribution in [2.24, 2.45) is 0 Å². The Morgan fingerprint density at radius 2 is 1.95 bits per heavy atom. The van der Waals surface area contributed by atoms with Crippen molar-refractivity contribution in [1.82, 2.24) is 5.32 Å². The van der Waals surface area contributed by atoms with Gasteiger partial charge in [0.1, 0.15) is 6.54 Å². The first kappa shape index (κ1) is 12.9. The van der Waals surface area contributed by atoms with E-state index in [1.54, 1.807) is 0 Å². The summed E-state index contributed by atoms with van der Waals surface area (Å²) in [6.45, 7) is -0.561. The highest BCUT2D eigenvalue weighted by Gasteiger charge is 2.43. The molecule has 1 aliphatic heterocycles. The van der Waals surface area contributed by atoms with Gasteiger partial charge in [-0.25, -0.2) is 4.79 Å². The molecule has 7 nitrogen and oxygen atoms in total. The van der Waals surface area contributed by atoms with E-state index in [1.807, 2.05) is 5.32 Å². The van der Waals surface area contributed by atoms with Crippen molar-refractivity contribution in [2.75, 3.05) is 11.9 Å². The number of carboxylic acids is 1. The first-order valence-corrected chi connectivity index (χ1v) is 5.02. The van der Waals surface area contributed by atoms with Crippen LogP contribution in [-0.2, 0) is 4.79 Å². The van der Waals surface area contributed by atoms with Gasteiger partial charge in [-0.1, -0.05) is 0 Å². The van der Waals surface area contributed by atoms with Crippen molar-refractivity contribution in [3.8, 4) is 11.5 Å². The molecule has 0 spiro atoms. The minimum atomic E-state index is -3.73. The van der Waals surface area contributed by atoms with Gasteiger partial charge in [-0.05, 0) is 12.1 Å². The molecule has 0 radical (unpaired) electrons. The number of hydrogen-bond acceptors (Lipinski definition) is 4. The maximum Gasteiger partial charge on any atom is 0.586 e. The van der Waals surface area contributed by atoms with Gasteiger partial charge < -0.3 is 25.2 Å². The fourth-order valence-electron chi connectivity index (χ4n) is 1.36. The first-order valence-electron chi connectivity index (χ1n) is 5.02. The molecule has 102 valence electrons. The number of aliphatic carboxylic acids is 1. The van der Waals surface area contributed by atoms with E-state index in [-0.39, 0.29) is 17.2 Å². The highest BCUT2D eigenvalue weighted by Crippen LogP contribution is 2.42. The van der Waals surface area contributed by atoms with Crippen LogP contribution in [0.5, 0.6) is 11.5 Å². The summed E-state index contributed by atoms with van der Waals surface area (Å²) in [5.74, 6) is -1.58. The fraction of sp³-hybridized carbons (Fsp3) is 0.200. The minimum absolute atomic E-state index is 0.151. The predicted octanol–water partition coefficient (Wildman–Crippen LogP) is 1.21. The predicted molar refractivity (Wildman–Crippen MR) is 57.3 cm³/mol. The molecule has 1 aliphatic rings. The first-order chi connectivity index (χ1) is 8.85. The maximum atomic E-state index is 12.7. The number of rotatable bonds is 3. The summed E-state index contributed by atoms with van der Waals surface area (Å²) in [5, 5.41) is 12.7. The Labute approximate surface area is 105 Å². The number of halogens is 2. The second-order valence-corrected chi connectivity index (χ2v) is 3.53. The van der Waals surface area contributed by atoms with Gasteiger partial charge in [0.15, 0.2) is 11.5 Å². The zero-order chi connectivity index (χ0) is 14.0. The van der Waals surface area contributed by atoms with Crippen LogP contribution in [0, 0.1) is 0 Å². The van der Waals surface area contributed by atoms with Gasteiger partial charge in [-0.2, -0.15) is 0 Å². The fourth-order valence-corrected chi connectivity index (χ4v) is 1.36. The van der Waals surface area contributed by atoms with E-state index in [0.717, 1.165) is 6.07 Å². The highest BCUT2D eigenvalue weighted by atomic mass is 19.3. The van der Waals surface area contributed by atoms with Crippen LogP contribution in [0.1, 0.15) is 0 Å². The number of alkyl halides is 2. The lowest BCUT2D eigenvalue weighted by atomic mass is 10.3. The number of carboxylic acid groups (broad SMARTS) is 1. The Kier molecular flexibility index (Phi) is 3.11. The van der Waals surface area contributed by atoms with Crippen molar-refractivity contribution >= 4 is 17.7 Å². The lowest BCUT2D eigenvalue weighted by Gasteiger charge is -2.06. The Morgan fingerprint density at radius 1 is 1.26 bits per heavy atom. The Hall–Kier alpha value is -2.58. The van der Waals surface area contributed by atoms with Crippen LogP contribution in [-0.4, -0.2) is 29.9 Å². The average molecular weight is 274 g/mol. The van der Waals surface area contributed by atoms with Crippen molar-refractivity contribution in [3.63, 3.8) is 0 Å². The van der Waals surface area contributed by atoms with Gasteiger partial charge in [-0.15, -0.1) is 8.78 Å². The molecule has 0 fully saturated rings. The summed E-state index contributed by atoms with van der Waals surface area (Å²) in [4.78, 5) is 21.5. The molecule has 1 aromatic rings. The summed E-state index contributed by atoms with van der Waals surface area (Å²) in [7, 11) is 0. The van der Waals surface area contributed by atoms with E-state index < -0.39 is 24.8 Å². The Bertz CT molecular complexity index is 535. The average Bonchev–Trinajstić information content (AvgIpc) is 2.59. The number of urea groups is 1. The molecular weight excluding hydrogens is 266 g/mol. The van der Waals surface area contributed by atoms with E-state index in [9.17, 15) is 18.4 Å². The Balaban J connectivity index is 2.00. The third-order valence-electron chi connectivity index (χ3n) is 2.06. The van der Waals surface area contributed by atoms with Gasteiger partial charge in [0.05, 0.1) is 0 Å². The van der Waals surface area contributed by atoms with Crippen LogP contribution < -0.4 is 20.1 Å². The number of carbonyl (C=O) groups is 2. The summed E-state index contributed by atoms with van der Waals surface area (Å²) in [5.41, 5.74) is 0.155. The van der Waals surface area contributed by atoms with Gasteiger partial charge >= 0.3 is 18.3 Å². The van der Waals surface area contributed by atoms with Gasteiger partial charge in [-0.3, -0.25) is 4.79 Å². The van der Waals surface area contributed by atoms with Gasteiger partial charge in [0, 0.05) is 11.8 Å². The van der Waals surface area contributed by atoms with E-state index in [4.69, 9.17) is 5.11 Å². The van der Waals surface area contributed by atoms with E-state index in [2.05, 4.69) is 14.8 Å². The number of benzene rings is 1. The lowest BCUT2D eigenvalue weighted by molar-refractivity contribution is -0.286. The highest BCUT2D eigenvalue weighted by molar-refractivity contribution is 5.91. The molecule has 1 aromatic carbocycles. The SMILES string of the molecule is O=C(O)CNC(=O)Nc1ccc2c(c1)OC(F)(F)O2. The van der Waals surface area contributed by atoms with Gasteiger partial charge in [0.25, 0.3) is 0 Å². The third-order valence-corrected chi connectivity index (χ3v) is 2.06. The molecule has 0 unspecified atom stereocenters. The summed E-state index contributed by atoms with van der Waals surface area (Å²) in [6, 6.07) is 2.86. The number of anilines is 1. The minimum Gasteiger partial charge on any atom is -0.480 e. The number of nitrogens with one attached hydrogen (secondary N) is 2. The molecule has 0 atom stereocenters. The maximum absolute atomic E-state index is 12.7. The molecule has 0 aliphatic carbocycles.